The molecular weight excluding hydrogens is 884 g/mol. The average Bonchev–Trinajstić information content (AvgIpc) is 3.96. The Labute approximate surface area is 338 Å². The topological polar surface area (TPSA) is 52.0 Å². The number of para-hydroxylation sites is 5. The zero-order chi connectivity index (χ0) is 35.8. The van der Waals surface area contributed by atoms with Gasteiger partial charge in [0.25, 0.3) is 0 Å². The Morgan fingerprint density at radius 2 is 1.33 bits per heavy atom. The molecule has 1 fully saturated rings. The summed E-state index contributed by atoms with van der Waals surface area (Å²) in [5.74, 6) is 2.92. The molecule has 2 atom stereocenters. The molecule has 2 aromatic heterocycles. The van der Waals surface area contributed by atoms with Crippen LogP contribution >= 0.6 is 11.3 Å². The standard InChI is InChI=1S/C46H35N4O3S.Pt/c1-3-14-33(15-4-1)52-43-23-12-24-44(53-34-16-5-2-6-17-34)45(43)49-31-48(40-21-9-10-22-41(40)49)32-13-11-18-35(29-32)51-36-25-26-38-37-19-7-8-20-39(37)50(42(38)30-36)46-47-27-28-54-46;/h1-11,13-22,25-28,31,43-45H,12,23-24H2;/q-3;. The molecule has 2 aliphatic rings. The molecular formula is C46H35N4O3PtS-3. The Bertz CT molecular complexity index is 2500. The fraction of sp³-hybridized carbons (Fsp3) is 0.130. The minimum Gasteiger partial charge on any atom is -0.509 e. The van der Waals surface area contributed by atoms with E-state index in [-0.39, 0.29) is 39.3 Å². The van der Waals surface area contributed by atoms with Crippen LogP contribution in [0.4, 0.5) is 17.1 Å². The molecule has 10 rings (SSSR count). The van der Waals surface area contributed by atoms with E-state index >= 15 is 0 Å². The van der Waals surface area contributed by atoms with E-state index in [1.165, 1.54) is 0 Å². The van der Waals surface area contributed by atoms with E-state index in [0.29, 0.717) is 11.5 Å². The summed E-state index contributed by atoms with van der Waals surface area (Å²) in [6.07, 6.45) is 4.45. The molecule has 0 N–H and O–H groups in total. The molecule has 8 aromatic rings. The number of anilines is 3. The van der Waals surface area contributed by atoms with Gasteiger partial charge in [-0.1, -0.05) is 72.2 Å². The molecule has 7 nitrogen and oxygen atoms in total. The van der Waals surface area contributed by atoms with Crippen molar-refractivity contribution in [2.45, 2.75) is 37.5 Å². The maximum absolute atomic E-state index is 6.78. The molecule has 1 aliphatic heterocycles. The summed E-state index contributed by atoms with van der Waals surface area (Å²) < 4.78 is 22.2. The van der Waals surface area contributed by atoms with E-state index in [1.807, 2.05) is 90.4 Å². The summed E-state index contributed by atoms with van der Waals surface area (Å²) in [5.41, 5.74) is 5.00. The molecule has 0 spiro atoms. The summed E-state index contributed by atoms with van der Waals surface area (Å²) >= 11 is 1.60. The number of rotatable bonds is 9. The molecule has 55 heavy (non-hydrogen) atoms. The third-order valence-electron chi connectivity index (χ3n) is 10.2. The molecule has 276 valence electrons. The monoisotopic (exact) mass is 918 g/mol. The molecule has 1 aliphatic carbocycles. The van der Waals surface area contributed by atoms with Gasteiger partial charge in [-0.2, -0.15) is 18.8 Å². The van der Waals surface area contributed by atoms with Gasteiger partial charge in [0.15, 0.2) is 5.13 Å². The summed E-state index contributed by atoms with van der Waals surface area (Å²) in [4.78, 5) is 9.15. The van der Waals surface area contributed by atoms with Gasteiger partial charge in [-0.05, 0) is 67.1 Å². The van der Waals surface area contributed by atoms with Crippen molar-refractivity contribution < 1.29 is 35.3 Å². The number of fused-ring (bicyclic) bond motifs is 4. The van der Waals surface area contributed by atoms with Gasteiger partial charge < -0.3 is 28.6 Å². The van der Waals surface area contributed by atoms with E-state index in [9.17, 15) is 0 Å². The van der Waals surface area contributed by atoms with Crippen molar-refractivity contribution in [2.24, 2.45) is 0 Å². The van der Waals surface area contributed by atoms with E-state index in [1.54, 1.807) is 11.3 Å². The Hall–Kier alpha value is -5.56. The Balaban J connectivity index is 0.00000397. The van der Waals surface area contributed by atoms with Crippen molar-refractivity contribution in [3.05, 3.63) is 170 Å². The smallest absolute Gasteiger partial charge is 0.192 e. The predicted molar refractivity (Wildman–Crippen MR) is 215 cm³/mol. The summed E-state index contributed by atoms with van der Waals surface area (Å²) in [5, 5.41) is 5.13. The predicted octanol–water partition coefficient (Wildman–Crippen LogP) is 11.2. The third kappa shape index (κ3) is 6.75. The van der Waals surface area contributed by atoms with Gasteiger partial charge >= 0.3 is 0 Å². The SMILES string of the molecule is [Pt].[c-]1c(Oc2[c-]c3c(cc2)c2ccccc2n3-c2nccs2)cccc1N1[CH-]N(C2C(Oc3ccccc3)CCCC2Oc2ccccc2)c2ccccc21. The molecule has 1 saturated carbocycles. The zero-order valence-corrected chi connectivity index (χ0v) is 32.7. The van der Waals surface area contributed by atoms with Gasteiger partial charge in [0, 0.05) is 61.0 Å². The van der Waals surface area contributed by atoms with Crippen molar-refractivity contribution in [1.29, 1.82) is 0 Å². The third-order valence-corrected chi connectivity index (χ3v) is 10.9. The molecule has 2 unspecified atom stereocenters. The van der Waals surface area contributed by atoms with Crippen LogP contribution in [0.1, 0.15) is 19.3 Å². The number of benzene rings is 6. The van der Waals surface area contributed by atoms with E-state index < -0.39 is 0 Å². The van der Waals surface area contributed by atoms with Crippen molar-refractivity contribution >= 4 is 50.2 Å². The summed E-state index contributed by atoms with van der Waals surface area (Å²) in [6, 6.07) is 54.2. The van der Waals surface area contributed by atoms with Crippen molar-refractivity contribution in [2.75, 3.05) is 9.80 Å². The summed E-state index contributed by atoms with van der Waals surface area (Å²) in [6.45, 7) is 2.17. The van der Waals surface area contributed by atoms with Crippen LogP contribution in [0.5, 0.6) is 23.0 Å². The van der Waals surface area contributed by atoms with Crippen LogP contribution in [0.15, 0.2) is 151 Å². The number of thiazole rings is 1. The molecule has 0 amide bonds. The molecule has 0 bridgehead atoms. The van der Waals surface area contributed by atoms with Crippen LogP contribution < -0.4 is 24.0 Å². The van der Waals surface area contributed by atoms with E-state index in [2.05, 4.69) is 98.8 Å². The van der Waals surface area contributed by atoms with Gasteiger partial charge in [-0.15, -0.1) is 52.7 Å². The van der Waals surface area contributed by atoms with Crippen LogP contribution in [0.25, 0.3) is 26.9 Å². The minimum absolute atomic E-state index is 0. The minimum atomic E-state index is -0.108. The Kier molecular flexibility index (Phi) is 9.77. The molecule has 3 heterocycles. The largest absolute Gasteiger partial charge is 0.509 e. The van der Waals surface area contributed by atoms with Gasteiger partial charge in [0.05, 0.1) is 6.04 Å². The first-order valence-corrected chi connectivity index (χ1v) is 19.2. The van der Waals surface area contributed by atoms with Crippen LogP contribution in [-0.2, 0) is 21.1 Å². The molecule has 6 aromatic carbocycles. The fourth-order valence-corrected chi connectivity index (χ4v) is 8.50. The van der Waals surface area contributed by atoms with Crippen LogP contribution in [0.3, 0.4) is 0 Å². The maximum Gasteiger partial charge on any atom is 0.192 e. The van der Waals surface area contributed by atoms with Gasteiger partial charge in [-0.25, -0.2) is 4.98 Å². The number of aromatic nitrogens is 2. The van der Waals surface area contributed by atoms with Crippen molar-refractivity contribution in [1.82, 2.24) is 9.55 Å². The second kappa shape index (κ2) is 15.3. The first-order valence-electron chi connectivity index (χ1n) is 18.3. The number of ether oxygens (including phenoxy) is 3. The maximum atomic E-state index is 6.78. The normalized spacial score (nSPS) is 17.9. The van der Waals surface area contributed by atoms with Crippen LogP contribution in [0.2, 0.25) is 0 Å². The number of hydrogen-bond donors (Lipinski definition) is 0. The molecule has 0 radical (unpaired) electrons. The Morgan fingerprint density at radius 1 is 0.655 bits per heavy atom. The number of nitrogens with zero attached hydrogens (tertiary/aromatic N) is 4. The fourth-order valence-electron chi connectivity index (χ4n) is 7.84. The summed E-state index contributed by atoms with van der Waals surface area (Å²) in [7, 11) is 0. The van der Waals surface area contributed by atoms with Gasteiger partial charge in [-0.3, -0.25) is 0 Å². The van der Waals surface area contributed by atoms with Gasteiger partial charge in [0.1, 0.15) is 23.7 Å². The molecule has 0 saturated heterocycles. The van der Waals surface area contributed by atoms with E-state index in [4.69, 9.17) is 14.2 Å². The quantitative estimate of drug-likeness (QED) is 0.135. The first kappa shape index (κ1) is 35.2. The molecule has 9 heteroatoms. The first-order chi connectivity index (χ1) is 26.8. The van der Waals surface area contributed by atoms with Crippen LogP contribution in [-0.4, -0.2) is 27.8 Å². The zero-order valence-electron chi connectivity index (χ0n) is 29.6. The van der Waals surface area contributed by atoms with E-state index in [0.717, 1.165) is 74.8 Å². The average molecular weight is 919 g/mol. The van der Waals surface area contributed by atoms with Crippen molar-refractivity contribution in [3.8, 4) is 28.1 Å². The van der Waals surface area contributed by atoms with Crippen molar-refractivity contribution in [3.63, 3.8) is 0 Å². The second-order valence-electron chi connectivity index (χ2n) is 13.5. The van der Waals surface area contributed by atoms with Gasteiger partial charge in [0.2, 0.25) is 0 Å². The Morgan fingerprint density at radius 3 is 2.05 bits per heavy atom. The number of hydrogen-bond acceptors (Lipinski definition) is 7. The van der Waals surface area contributed by atoms with Crippen LogP contribution in [0, 0.1) is 18.8 Å². The second-order valence-corrected chi connectivity index (χ2v) is 14.4.